The van der Waals surface area contributed by atoms with Gasteiger partial charge in [0.15, 0.2) is 0 Å². The summed E-state index contributed by atoms with van der Waals surface area (Å²) >= 11 is 0. The predicted octanol–water partition coefficient (Wildman–Crippen LogP) is 1.41. The lowest BCUT2D eigenvalue weighted by Gasteiger charge is -2.27. The quantitative estimate of drug-likeness (QED) is 0.349. The maximum atomic E-state index is 12.6. The van der Waals surface area contributed by atoms with Crippen molar-refractivity contribution in [1.29, 1.82) is 0 Å². The van der Waals surface area contributed by atoms with E-state index in [-0.39, 0.29) is 24.4 Å². The van der Waals surface area contributed by atoms with Gasteiger partial charge < -0.3 is 25.1 Å². The highest BCUT2D eigenvalue weighted by Gasteiger charge is 2.26. The number of carbonyl (C=O) groups is 3. The molecule has 0 saturated carbocycles. The molecule has 0 aliphatic carbocycles. The monoisotopic (exact) mass is 391 g/mol. The highest BCUT2D eigenvalue weighted by molar-refractivity contribution is 5.83. The molecule has 0 aromatic heterocycles. The first-order chi connectivity index (χ1) is 13.5. The zero-order valence-electron chi connectivity index (χ0n) is 17.1. The summed E-state index contributed by atoms with van der Waals surface area (Å²) in [6.45, 7) is 5.74. The number of rotatable bonds is 15. The van der Waals surface area contributed by atoms with Gasteiger partial charge in [-0.05, 0) is 30.4 Å². The molecule has 2 atom stereocenters. The van der Waals surface area contributed by atoms with Crippen LogP contribution in [0.5, 0.6) is 5.75 Å². The van der Waals surface area contributed by atoms with Crippen LogP contribution < -0.4 is 15.4 Å². The summed E-state index contributed by atoms with van der Waals surface area (Å²) < 4.78 is 5.91. The van der Waals surface area contributed by atoms with Crippen molar-refractivity contribution in [2.75, 3.05) is 33.3 Å². The Balaban J connectivity index is 2.55. The van der Waals surface area contributed by atoms with E-state index in [1.165, 1.54) is 4.90 Å². The summed E-state index contributed by atoms with van der Waals surface area (Å²) in [6, 6.07) is 7.49. The van der Waals surface area contributed by atoms with E-state index in [1.807, 2.05) is 38.1 Å². The minimum Gasteiger partial charge on any atom is -0.492 e. The number of para-hydroxylation sites is 1. The Labute approximate surface area is 167 Å². The van der Waals surface area contributed by atoms with Crippen LogP contribution in [0.3, 0.4) is 0 Å². The van der Waals surface area contributed by atoms with E-state index < -0.39 is 0 Å². The van der Waals surface area contributed by atoms with Crippen LogP contribution >= 0.6 is 0 Å². The van der Waals surface area contributed by atoms with Gasteiger partial charge in [-0.15, -0.1) is 0 Å². The topological polar surface area (TPSA) is 87.7 Å². The largest absolute Gasteiger partial charge is 0.492 e. The lowest BCUT2D eigenvalue weighted by atomic mass is 9.98. The highest BCUT2D eigenvalue weighted by atomic mass is 16.5. The van der Waals surface area contributed by atoms with Gasteiger partial charge in [0.2, 0.25) is 12.3 Å². The molecule has 2 amide bonds. The van der Waals surface area contributed by atoms with E-state index in [0.29, 0.717) is 26.1 Å². The van der Waals surface area contributed by atoms with Gasteiger partial charge in [0.05, 0.1) is 12.6 Å². The van der Waals surface area contributed by atoms with Gasteiger partial charge in [-0.1, -0.05) is 38.5 Å². The van der Waals surface area contributed by atoms with Crippen LogP contribution in [0.2, 0.25) is 0 Å². The maximum Gasteiger partial charge on any atom is 0.240 e. The molecule has 0 spiro atoms. The average Bonchev–Trinajstić information content (AvgIpc) is 2.71. The molecular weight excluding hydrogens is 358 g/mol. The number of nitrogens with zero attached hydrogens (tertiary/aromatic N) is 1. The number of ether oxygens (including phenoxy) is 1. The van der Waals surface area contributed by atoms with Crippen molar-refractivity contribution < 1.29 is 19.1 Å². The van der Waals surface area contributed by atoms with Crippen molar-refractivity contribution in [3.63, 3.8) is 0 Å². The van der Waals surface area contributed by atoms with Crippen LogP contribution in [-0.2, 0) is 20.8 Å². The molecule has 0 saturated heterocycles. The molecule has 0 fully saturated rings. The molecule has 7 nitrogen and oxygen atoms in total. The molecule has 1 aromatic carbocycles. The number of hydrogen-bond donors (Lipinski definition) is 2. The van der Waals surface area contributed by atoms with Crippen molar-refractivity contribution in [2.24, 2.45) is 5.92 Å². The Morgan fingerprint density at radius 2 is 2.00 bits per heavy atom. The number of benzene rings is 1. The fraction of sp³-hybridized carbons (Fsp3) is 0.571. The average molecular weight is 392 g/mol. The third-order valence-electron chi connectivity index (χ3n) is 4.75. The van der Waals surface area contributed by atoms with Crippen LogP contribution in [-0.4, -0.2) is 62.8 Å². The Morgan fingerprint density at radius 3 is 2.68 bits per heavy atom. The van der Waals surface area contributed by atoms with E-state index in [0.717, 1.165) is 36.9 Å². The van der Waals surface area contributed by atoms with Crippen molar-refractivity contribution in [2.45, 2.75) is 39.2 Å². The van der Waals surface area contributed by atoms with Gasteiger partial charge in [0, 0.05) is 20.1 Å². The Hall–Kier alpha value is -2.41. The number of hydrogen-bond acceptors (Lipinski definition) is 5. The number of carbonyl (C=O) groups excluding carboxylic acids is 3. The summed E-state index contributed by atoms with van der Waals surface area (Å²) in [6.07, 6.45) is 3.95. The van der Waals surface area contributed by atoms with Crippen molar-refractivity contribution in [3.8, 4) is 5.75 Å². The van der Waals surface area contributed by atoms with Gasteiger partial charge in [-0.25, -0.2) is 0 Å². The molecule has 2 unspecified atom stereocenters. The number of likely N-dealkylation sites (N-methyl/N-ethyl adjacent to an activating group) is 1. The molecule has 0 aliphatic heterocycles. The van der Waals surface area contributed by atoms with Gasteiger partial charge >= 0.3 is 0 Å². The first kappa shape index (κ1) is 23.6. The molecule has 0 radical (unpaired) electrons. The second-order valence-electron chi connectivity index (χ2n) is 6.83. The molecule has 7 heteroatoms. The van der Waals surface area contributed by atoms with Gasteiger partial charge in [-0.3, -0.25) is 9.59 Å². The van der Waals surface area contributed by atoms with E-state index >= 15 is 0 Å². The molecule has 2 N–H and O–H groups in total. The second-order valence-corrected chi connectivity index (χ2v) is 6.83. The fourth-order valence-electron chi connectivity index (χ4n) is 2.87. The second kappa shape index (κ2) is 13.7. The fourth-order valence-corrected chi connectivity index (χ4v) is 2.87. The maximum absolute atomic E-state index is 12.6. The summed E-state index contributed by atoms with van der Waals surface area (Å²) in [4.78, 5) is 35.0. The summed E-state index contributed by atoms with van der Waals surface area (Å²) in [5, 5.41) is 5.94. The molecule has 0 bridgehead atoms. The van der Waals surface area contributed by atoms with Crippen molar-refractivity contribution >= 4 is 18.6 Å². The zero-order chi connectivity index (χ0) is 20.8. The summed E-state index contributed by atoms with van der Waals surface area (Å²) in [5.74, 6) is 0.892. The molecular formula is C21H33N3O4. The normalized spacial score (nSPS) is 12.7. The lowest BCUT2D eigenvalue weighted by molar-refractivity contribution is -0.135. The number of amides is 2. The van der Waals surface area contributed by atoms with Crippen LogP contribution in [0.1, 0.15) is 32.3 Å². The summed E-state index contributed by atoms with van der Waals surface area (Å²) in [7, 11) is 1.64. The molecule has 0 aliphatic rings. The minimum atomic E-state index is -0.344. The number of nitrogens with one attached hydrogen (secondary N) is 2. The predicted molar refractivity (Wildman–Crippen MR) is 109 cm³/mol. The van der Waals surface area contributed by atoms with Gasteiger partial charge in [0.25, 0.3) is 0 Å². The van der Waals surface area contributed by atoms with E-state index in [9.17, 15) is 14.4 Å². The van der Waals surface area contributed by atoms with Crippen LogP contribution in [0, 0.1) is 5.92 Å². The zero-order valence-corrected chi connectivity index (χ0v) is 17.1. The van der Waals surface area contributed by atoms with Gasteiger partial charge in [-0.2, -0.15) is 0 Å². The van der Waals surface area contributed by atoms with Crippen molar-refractivity contribution in [3.05, 3.63) is 29.8 Å². The Bertz CT molecular complexity index is 609. The van der Waals surface area contributed by atoms with E-state index in [4.69, 9.17) is 4.74 Å². The SMILES string of the molecule is CCC(C)C(NCCOc1ccccc1CCCNC=O)C(=O)N(C)CC=O. The van der Waals surface area contributed by atoms with Crippen LogP contribution in [0.4, 0.5) is 0 Å². The first-order valence-corrected chi connectivity index (χ1v) is 9.84. The summed E-state index contributed by atoms with van der Waals surface area (Å²) in [5.41, 5.74) is 1.09. The van der Waals surface area contributed by atoms with Crippen LogP contribution in [0.15, 0.2) is 24.3 Å². The molecule has 1 rings (SSSR count). The number of aldehydes is 1. The third-order valence-corrected chi connectivity index (χ3v) is 4.75. The Kier molecular flexibility index (Phi) is 11.6. The molecule has 156 valence electrons. The number of aryl methyl sites for hydroxylation is 1. The molecule has 28 heavy (non-hydrogen) atoms. The third kappa shape index (κ3) is 8.08. The molecule has 0 heterocycles. The lowest BCUT2D eigenvalue weighted by Crippen LogP contribution is -2.50. The van der Waals surface area contributed by atoms with Crippen LogP contribution in [0.25, 0.3) is 0 Å². The standard InChI is InChI=1S/C21H33N3O4/c1-4-17(2)20(21(27)24(3)13-14-25)23-12-15-28-19-10-6-5-8-18(19)9-7-11-22-16-26/h5-6,8,10,14,16-17,20,23H,4,7,9,11-13,15H2,1-3H3,(H,22,26). The van der Waals surface area contributed by atoms with E-state index in [2.05, 4.69) is 10.6 Å². The minimum absolute atomic E-state index is 0.0791. The molecule has 1 aromatic rings. The first-order valence-electron chi connectivity index (χ1n) is 9.84. The van der Waals surface area contributed by atoms with E-state index in [1.54, 1.807) is 7.05 Å². The smallest absolute Gasteiger partial charge is 0.240 e. The van der Waals surface area contributed by atoms with Gasteiger partial charge in [0.1, 0.15) is 18.6 Å². The Morgan fingerprint density at radius 1 is 1.25 bits per heavy atom. The van der Waals surface area contributed by atoms with Crippen molar-refractivity contribution in [1.82, 2.24) is 15.5 Å². The highest BCUT2D eigenvalue weighted by Crippen LogP contribution is 2.19.